The predicted octanol–water partition coefficient (Wildman–Crippen LogP) is 20.8. The van der Waals surface area contributed by atoms with Crippen LogP contribution in [0.2, 0.25) is 0 Å². The molecule has 5 nitrogen and oxygen atoms in total. The minimum Gasteiger partial charge on any atom is -0.309 e. The van der Waals surface area contributed by atoms with Gasteiger partial charge >= 0.3 is 0 Å². The lowest BCUT2D eigenvalue weighted by Gasteiger charge is -2.28. The van der Waals surface area contributed by atoms with Gasteiger partial charge in [-0.2, -0.15) is 0 Å². The van der Waals surface area contributed by atoms with Gasteiger partial charge in [-0.1, -0.05) is 194 Å². The molecule has 0 aliphatic heterocycles. The Labute approximate surface area is 467 Å². The minimum atomic E-state index is 0.620. The molecular weight excluding hydrogens is 1010 g/mol. The number of anilines is 3. The molecule has 7 heteroatoms. The van der Waals surface area contributed by atoms with Crippen LogP contribution < -0.4 is 4.90 Å². The van der Waals surface area contributed by atoms with Gasteiger partial charge in [-0.3, -0.25) is 9.55 Å². The van der Waals surface area contributed by atoms with E-state index >= 15 is 0 Å². The first-order valence-corrected chi connectivity index (χ1v) is 28.6. The van der Waals surface area contributed by atoms with Crippen molar-refractivity contribution in [2.45, 2.75) is 0 Å². The molecule has 0 N–H and O–H groups in total. The SMILES string of the molecule is c1ccc(-c2ccc(-c3nc(-c4ccccn4)cc(-n4c5cccc(N(c6ccc7c(c6)sc6ccccc67)c6cccc7ccccc67)c5c5ccc6sc7c(ccc8c9ccccc9c9ccccc9c87)c6c54)n3)cc2)cc1. The van der Waals surface area contributed by atoms with Gasteiger partial charge in [0.15, 0.2) is 5.82 Å². The second-order valence-electron chi connectivity index (χ2n) is 20.6. The molecule has 0 aliphatic carbocycles. The van der Waals surface area contributed by atoms with Gasteiger partial charge in [-0.25, -0.2) is 9.97 Å². The summed E-state index contributed by atoms with van der Waals surface area (Å²) >= 11 is 3.74. The number of fused-ring (bicyclic) bond motifs is 18. The van der Waals surface area contributed by atoms with Crippen molar-refractivity contribution < 1.29 is 0 Å². The average molecular weight is 1050 g/mol. The van der Waals surface area contributed by atoms with E-state index in [0.29, 0.717) is 5.82 Å². The Bertz CT molecular complexity index is 5330. The molecule has 0 amide bonds. The summed E-state index contributed by atoms with van der Waals surface area (Å²) in [6.07, 6.45) is 1.84. The van der Waals surface area contributed by atoms with E-state index < -0.39 is 0 Å². The summed E-state index contributed by atoms with van der Waals surface area (Å²) in [5.74, 6) is 1.38. The van der Waals surface area contributed by atoms with E-state index in [-0.39, 0.29) is 0 Å². The highest BCUT2D eigenvalue weighted by molar-refractivity contribution is 7.27. The Morgan fingerprint density at radius 1 is 0.350 bits per heavy atom. The lowest BCUT2D eigenvalue weighted by atomic mass is 9.93. The molecule has 0 radical (unpaired) electrons. The summed E-state index contributed by atoms with van der Waals surface area (Å²) < 4.78 is 7.44. The monoisotopic (exact) mass is 1050 g/mol. The zero-order valence-electron chi connectivity index (χ0n) is 42.9. The number of aromatic nitrogens is 4. The summed E-state index contributed by atoms with van der Waals surface area (Å²) in [5.41, 5.74) is 10.1. The largest absolute Gasteiger partial charge is 0.309 e. The summed E-state index contributed by atoms with van der Waals surface area (Å²) in [4.78, 5) is 18.4. The second kappa shape index (κ2) is 17.7. The van der Waals surface area contributed by atoms with Crippen molar-refractivity contribution in [3.05, 3.63) is 261 Å². The average Bonchev–Trinajstić information content (AvgIpc) is 4.31. The van der Waals surface area contributed by atoms with Crippen LogP contribution in [-0.2, 0) is 0 Å². The van der Waals surface area contributed by atoms with Gasteiger partial charge in [-0.05, 0) is 98.0 Å². The Kier molecular flexibility index (Phi) is 9.98. The Hall–Kier alpha value is -10.1. The molecule has 0 unspecified atom stereocenters. The first kappa shape index (κ1) is 45.0. The molecule has 0 bridgehead atoms. The summed E-state index contributed by atoms with van der Waals surface area (Å²) in [6.45, 7) is 0. The number of hydrogen-bond acceptors (Lipinski definition) is 6. The predicted molar refractivity (Wildman–Crippen MR) is 341 cm³/mol. The standard InChI is InChI=1S/C73H43N5S2/c1-2-16-44(17-3-1)45-31-33-47(34-32-45)73-75-60(59-26-12-13-41-74-59)43-67(76-73)78-63-29-15-28-62(77(61-27-14-19-46-18-4-5-20-49(46)61)48-35-36-54-53-24-10-11-30-64(53)79-66(54)42-48)69(63)57-39-40-65-70(71(57)78)58-38-37-56-52-23-7-6-21-50(52)51-22-8-9-25-55(51)68(56)72(58)80-65/h1-43H. The van der Waals surface area contributed by atoms with Crippen molar-refractivity contribution in [2.24, 2.45) is 0 Å². The van der Waals surface area contributed by atoms with Gasteiger partial charge in [0.2, 0.25) is 0 Å². The smallest absolute Gasteiger partial charge is 0.162 e. The highest BCUT2D eigenvalue weighted by Gasteiger charge is 2.27. The van der Waals surface area contributed by atoms with Crippen molar-refractivity contribution in [3.8, 4) is 39.7 Å². The van der Waals surface area contributed by atoms with E-state index in [0.717, 1.165) is 72.8 Å². The molecule has 17 aromatic rings. The topological polar surface area (TPSA) is 46.8 Å². The van der Waals surface area contributed by atoms with Crippen LogP contribution in [0.25, 0.3) is 145 Å². The van der Waals surface area contributed by atoms with Crippen molar-refractivity contribution in [2.75, 3.05) is 4.90 Å². The van der Waals surface area contributed by atoms with Crippen molar-refractivity contribution in [1.82, 2.24) is 19.5 Å². The van der Waals surface area contributed by atoms with Crippen LogP contribution in [0.15, 0.2) is 261 Å². The third-order valence-electron chi connectivity index (χ3n) is 16.2. The molecule has 5 aromatic heterocycles. The number of nitrogens with zero attached hydrogens (tertiary/aromatic N) is 5. The molecule has 0 aliphatic rings. The van der Waals surface area contributed by atoms with Crippen LogP contribution >= 0.6 is 22.7 Å². The molecular formula is C73H43N5S2. The summed E-state index contributed by atoms with van der Waals surface area (Å²) in [7, 11) is 0. The molecule has 0 saturated heterocycles. The van der Waals surface area contributed by atoms with Crippen LogP contribution in [0, 0.1) is 0 Å². The molecule has 80 heavy (non-hydrogen) atoms. The normalized spacial score (nSPS) is 12.0. The van der Waals surface area contributed by atoms with Crippen LogP contribution in [0.4, 0.5) is 17.1 Å². The van der Waals surface area contributed by atoms with Crippen LogP contribution in [-0.4, -0.2) is 19.5 Å². The molecule has 0 atom stereocenters. The first-order valence-electron chi connectivity index (χ1n) is 27.0. The van der Waals surface area contributed by atoms with Crippen LogP contribution in [0.5, 0.6) is 0 Å². The zero-order valence-corrected chi connectivity index (χ0v) is 44.5. The van der Waals surface area contributed by atoms with E-state index in [1.807, 2.05) is 47.1 Å². The van der Waals surface area contributed by atoms with Crippen molar-refractivity contribution in [1.29, 1.82) is 0 Å². The third kappa shape index (κ3) is 6.84. The first-order chi connectivity index (χ1) is 39.7. The molecule has 12 aromatic carbocycles. The van der Waals surface area contributed by atoms with Gasteiger partial charge in [0.25, 0.3) is 0 Å². The van der Waals surface area contributed by atoms with Gasteiger partial charge < -0.3 is 4.90 Å². The quantitative estimate of drug-likeness (QED) is 0.149. The molecule has 0 saturated carbocycles. The van der Waals surface area contributed by atoms with E-state index in [2.05, 4.69) is 246 Å². The minimum absolute atomic E-state index is 0.620. The Balaban J connectivity index is 1.01. The fourth-order valence-corrected chi connectivity index (χ4v) is 15.1. The maximum absolute atomic E-state index is 5.67. The number of benzene rings is 12. The van der Waals surface area contributed by atoms with Gasteiger partial charge in [0.05, 0.1) is 33.8 Å². The maximum atomic E-state index is 5.67. The Morgan fingerprint density at radius 3 is 1.80 bits per heavy atom. The van der Waals surface area contributed by atoms with Crippen molar-refractivity contribution in [3.63, 3.8) is 0 Å². The second-order valence-corrected chi connectivity index (χ2v) is 22.7. The van der Waals surface area contributed by atoms with E-state index in [4.69, 9.17) is 15.0 Å². The van der Waals surface area contributed by atoms with Gasteiger partial charge in [-0.15, -0.1) is 22.7 Å². The number of rotatable bonds is 7. The van der Waals surface area contributed by atoms with Crippen LogP contribution in [0.3, 0.4) is 0 Å². The lowest BCUT2D eigenvalue weighted by Crippen LogP contribution is -2.11. The van der Waals surface area contributed by atoms with Gasteiger partial charge in [0, 0.05) is 85.4 Å². The number of pyridine rings is 1. The van der Waals surface area contributed by atoms with E-state index in [1.54, 1.807) is 0 Å². The highest BCUT2D eigenvalue weighted by atomic mass is 32.1. The zero-order chi connectivity index (χ0) is 52.4. The lowest BCUT2D eigenvalue weighted by molar-refractivity contribution is 1.05. The Morgan fingerprint density at radius 2 is 0.975 bits per heavy atom. The van der Waals surface area contributed by atoms with Gasteiger partial charge in [0.1, 0.15) is 5.82 Å². The van der Waals surface area contributed by atoms with Crippen LogP contribution in [0.1, 0.15) is 0 Å². The number of thiophene rings is 2. The molecule has 0 spiro atoms. The number of hydrogen-bond donors (Lipinski definition) is 0. The summed E-state index contributed by atoms with van der Waals surface area (Å²) in [6, 6.07) is 92.6. The maximum Gasteiger partial charge on any atom is 0.162 e. The molecule has 372 valence electrons. The highest BCUT2D eigenvalue weighted by Crippen LogP contribution is 2.52. The molecule has 17 rings (SSSR count). The molecule has 0 fully saturated rings. The van der Waals surface area contributed by atoms with E-state index in [1.165, 1.54) is 83.4 Å². The molecule has 5 heterocycles. The summed E-state index contributed by atoms with van der Waals surface area (Å²) in [5, 5.41) is 17.2. The van der Waals surface area contributed by atoms with Crippen molar-refractivity contribution >= 4 is 145 Å². The third-order valence-corrected chi connectivity index (χ3v) is 18.5. The fourth-order valence-electron chi connectivity index (χ4n) is 12.7. The fraction of sp³-hybridized carbons (Fsp3) is 0. The van der Waals surface area contributed by atoms with E-state index in [9.17, 15) is 0 Å².